The van der Waals surface area contributed by atoms with Crippen LogP contribution < -0.4 is 31.3 Å². The first kappa shape index (κ1) is 70.1. The molecule has 4 aliphatic heterocycles. The average Bonchev–Trinajstić information content (AvgIpc) is 1.62. The molecule has 12 rings (SSSR count). The molecule has 0 saturated carbocycles. The van der Waals surface area contributed by atoms with Crippen molar-refractivity contribution in [2.24, 2.45) is 0 Å². The monoisotopic (exact) mass is 1450 g/mol. The molecule has 10 unspecified atom stereocenters. The number of aliphatic hydroxyl groups excluding tert-OH is 1. The highest BCUT2D eigenvalue weighted by molar-refractivity contribution is 7.14. The van der Waals surface area contributed by atoms with Crippen LogP contribution in [0.3, 0.4) is 0 Å². The van der Waals surface area contributed by atoms with E-state index in [1.165, 1.54) is 50.3 Å². The molecule has 0 spiro atoms. The second-order valence-electron chi connectivity index (χ2n) is 24.3. The van der Waals surface area contributed by atoms with E-state index in [-0.39, 0.29) is 111 Å². The van der Waals surface area contributed by atoms with Crippen molar-refractivity contribution in [3.63, 3.8) is 0 Å². The number of thiazole rings is 5. The van der Waals surface area contributed by atoms with Crippen LogP contribution in [-0.2, 0) is 51.2 Å². The number of carbonyl (C=O) groups excluding carboxylic acids is 7. The van der Waals surface area contributed by atoms with Gasteiger partial charge in [-0.25, -0.2) is 39.5 Å². The Balaban J connectivity index is 1.04. The Labute approximate surface area is 584 Å². The predicted octanol–water partition coefficient (Wildman–Crippen LogP) is 4.76. The van der Waals surface area contributed by atoms with Crippen LogP contribution in [0.4, 0.5) is 0 Å². The molecule has 1 aromatic carbocycles. The molecule has 99 heavy (non-hydrogen) atoms. The Morgan fingerprint density at radius 2 is 1.51 bits per heavy atom. The summed E-state index contributed by atoms with van der Waals surface area (Å²) in [6, 6.07) is 1.21. The van der Waals surface area contributed by atoms with E-state index in [1.54, 1.807) is 61.8 Å². The largest absolute Gasteiger partial charge is 0.499 e. The number of nitrogens with zero attached hydrogens (tertiary/aromatic N) is 9. The van der Waals surface area contributed by atoms with E-state index in [0.29, 0.717) is 23.4 Å². The minimum Gasteiger partial charge on any atom is -0.499 e. The molecule has 31 nitrogen and oxygen atoms in total. The molecule has 8 N–H and O–H groups in total. The average molecular weight is 1450 g/mol. The summed E-state index contributed by atoms with van der Waals surface area (Å²) in [4.78, 5) is 135. The van der Waals surface area contributed by atoms with E-state index in [9.17, 15) is 29.8 Å². The number of pyridine rings is 1. The number of amides is 5. The van der Waals surface area contributed by atoms with E-state index in [1.807, 2.05) is 19.0 Å². The number of fused-ring (bicyclic) bond motifs is 15. The van der Waals surface area contributed by atoms with E-state index < -0.39 is 127 Å². The van der Waals surface area contributed by atoms with Crippen LogP contribution in [0, 0.1) is 0 Å². The van der Waals surface area contributed by atoms with Gasteiger partial charge in [0, 0.05) is 62.9 Å². The lowest BCUT2D eigenvalue weighted by Crippen LogP contribution is -2.62. The van der Waals surface area contributed by atoms with Gasteiger partial charge >= 0.3 is 11.9 Å². The minimum atomic E-state index is -1.90. The lowest BCUT2D eigenvalue weighted by atomic mass is 9.85. The van der Waals surface area contributed by atoms with Gasteiger partial charge in [-0.05, 0) is 73.6 Å². The molecule has 11 heterocycles. The Morgan fingerprint density at radius 3 is 2.22 bits per heavy atom. The molecule has 7 aromatic heterocycles. The predicted molar refractivity (Wildman–Crippen MR) is 360 cm³/mol. The highest BCUT2D eigenvalue weighted by Crippen LogP contribution is 2.43. The molecule has 522 valence electrons. The smallest absolute Gasteiger partial charge is 0.358 e. The number of carbonyl (C=O) groups is 7. The molecule has 0 aliphatic carbocycles. The van der Waals surface area contributed by atoms with Gasteiger partial charge < -0.3 is 85.0 Å². The lowest BCUT2D eigenvalue weighted by Gasteiger charge is -2.48. The third-order valence-corrected chi connectivity index (χ3v) is 21.3. The standard InChI is InChI=1S/C63H68N14O17S5/c1-26(78)42-55(83)73-43(27(2)88-9)58-69-37(25-97-58)54(82)74-46-48-49(94-40-17-63(4,86)50(76(7)8)28(3)93-40)62(85)91-18-29-12-11-13-38-41(29)31(19-90-48)47(77(38)87)61(84)92-20-32(65-52(80)35-24-99-60(46)70-35)57-66-33(21-96-57)44-30(56-67-36(23-95-56)53(81)72-42)16-39(89-10)45(71-44)59-68-34(22-98-59)51(79)64-14-15-75(5)6/h11-13,16,21-26,28,32,40,42,46,48-50,78,86-87H,14-15,17-20H2,1-10H3,(H,64,79)(H,65,80)(H,72,81)(H,73,83)(H,74,82)/b43-27+. The summed E-state index contributed by atoms with van der Waals surface area (Å²) < 4.78 is 44.4. The maximum absolute atomic E-state index is 15.2. The number of rotatable bonds is 11. The number of aliphatic hydroxyl groups is 2. The summed E-state index contributed by atoms with van der Waals surface area (Å²) in [6.07, 6.45) is -7.42. The topological polar surface area (TPSA) is 394 Å². The Hall–Kier alpha value is -8.79. The lowest BCUT2D eigenvalue weighted by molar-refractivity contribution is -0.280. The van der Waals surface area contributed by atoms with Crippen LogP contribution in [0.25, 0.3) is 49.3 Å². The number of allylic oxidation sites excluding steroid dienone is 1. The van der Waals surface area contributed by atoms with Crippen molar-refractivity contribution < 1.29 is 82.1 Å². The van der Waals surface area contributed by atoms with Crippen molar-refractivity contribution in [1.29, 1.82) is 0 Å². The van der Waals surface area contributed by atoms with Gasteiger partial charge in [0.1, 0.15) is 120 Å². The fourth-order valence-corrected chi connectivity index (χ4v) is 16.3. The van der Waals surface area contributed by atoms with Crippen LogP contribution >= 0.6 is 56.7 Å². The molecular weight excluding hydrogens is 1390 g/mol. The molecule has 1 saturated heterocycles. The number of ether oxygens (including phenoxy) is 7. The van der Waals surface area contributed by atoms with Gasteiger partial charge in [0.05, 0.1) is 50.2 Å². The number of esters is 2. The number of likely N-dealkylation sites (N-methyl/N-ethyl adjacent to an activating group) is 2. The van der Waals surface area contributed by atoms with Crippen molar-refractivity contribution in [1.82, 2.24) is 71.0 Å². The summed E-state index contributed by atoms with van der Waals surface area (Å²) in [5.74, 6) is -5.89. The summed E-state index contributed by atoms with van der Waals surface area (Å²) in [5.41, 5.74) is -1.37. The van der Waals surface area contributed by atoms with Crippen molar-refractivity contribution in [2.75, 3.05) is 62.1 Å². The molecular formula is C63H68N14O17S5. The second kappa shape index (κ2) is 28.8. The highest BCUT2D eigenvalue weighted by atomic mass is 32.1. The second-order valence-corrected chi connectivity index (χ2v) is 28.6. The maximum atomic E-state index is 15.2. The van der Waals surface area contributed by atoms with Gasteiger partial charge in [-0.2, -0.15) is 4.73 Å². The zero-order chi connectivity index (χ0) is 70.5. The Kier molecular flexibility index (Phi) is 20.4. The molecule has 8 aromatic rings. The summed E-state index contributed by atoms with van der Waals surface area (Å²) >= 11 is 4.94. The van der Waals surface area contributed by atoms with Crippen LogP contribution in [0.15, 0.2) is 56.9 Å². The summed E-state index contributed by atoms with van der Waals surface area (Å²) in [5, 5.41) is 57.6. The van der Waals surface area contributed by atoms with E-state index >= 15 is 19.2 Å². The van der Waals surface area contributed by atoms with Crippen molar-refractivity contribution >= 4 is 115 Å². The first-order chi connectivity index (χ1) is 47.3. The van der Waals surface area contributed by atoms with Crippen molar-refractivity contribution in [2.45, 2.75) is 108 Å². The maximum Gasteiger partial charge on any atom is 0.358 e. The van der Waals surface area contributed by atoms with Gasteiger partial charge in [0.15, 0.2) is 18.1 Å². The number of benzene rings is 1. The number of cyclic esters (lactones) is 2. The van der Waals surface area contributed by atoms with Crippen LogP contribution in [-0.4, -0.2) is 212 Å². The first-order valence-corrected chi connectivity index (χ1v) is 35.2. The first-order valence-electron chi connectivity index (χ1n) is 30.8. The molecule has 10 atom stereocenters. The van der Waals surface area contributed by atoms with Crippen molar-refractivity contribution in [3.05, 3.63) is 112 Å². The van der Waals surface area contributed by atoms with E-state index in [4.69, 9.17) is 53.1 Å². The molecule has 5 amide bonds. The SMILES string of the molecule is CO/C(C)=C1/NC(=O)C(C(C)O)NC(=O)c2csc(n2)-c2cc(OC)c(-c3nc(C(=O)NCCN(C)C)cs3)nc2-c2csc(n2)C2COC(=O)c3c4c5c(cccc5n3O)COC(=O)C(OC3CC(C)(O)C(N(C)C)C(C)O3)C(OC4)C(NC(=O)c3csc1n3)c1nc(cs1)C(=O)N2. The summed E-state index contributed by atoms with van der Waals surface area (Å²) in [6.45, 7) is 5.35. The molecule has 36 heteroatoms. The highest BCUT2D eigenvalue weighted by Gasteiger charge is 2.50. The van der Waals surface area contributed by atoms with Crippen LogP contribution in [0.5, 0.6) is 5.75 Å². The molecule has 1 fully saturated rings. The van der Waals surface area contributed by atoms with Gasteiger partial charge in [-0.15, -0.1) is 56.7 Å². The van der Waals surface area contributed by atoms with E-state index in [2.05, 4.69) is 36.6 Å². The minimum absolute atomic E-state index is 0.00930. The quantitative estimate of drug-likeness (QED) is 0.0491. The van der Waals surface area contributed by atoms with Gasteiger partial charge in [-0.3, -0.25) is 24.0 Å². The van der Waals surface area contributed by atoms with Gasteiger partial charge in [-0.1, -0.05) is 12.1 Å². The zero-order valence-corrected chi connectivity index (χ0v) is 58.8. The van der Waals surface area contributed by atoms with Gasteiger partial charge in [0.25, 0.3) is 23.6 Å². The fourth-order valence-electron chi connectivity index (χ4n) is 12.1. The zero-order valence-electron chi connectivity index (χ0n) is 54.8. The number of aromatic nitrogens is 7. The fraction of sp³-hybridized carbons (Fsp3) is 0.413. The van der Waals surface area contributed by atoms with Crippen LogP contribution in [0.2, 0.25) is 0 Å². The number of hydrogen-bond donors (Lipinski definition) is 8. The van der Waals surface area contributed by atoms with E-state index in [0.717, 1.165) is 56.7 Å². The normalized spacial score (nSPS) is 24.0. The Morgan fingerprint density at radius 1 is 0.828 bits per heavy atom. The van der Waals surface area contributed by atoms with Crippen molar-refractivity contribution in [3.8, 4) is 38.4 Å². The number of methoxy groups -OCH3 is 2. The third-order valence-electron chi connectivity index (χ3n) is 16.8. The Bertz CT molecular complexity index is 4490. The number of hydrogen-bond acceptors (Lipinski definition) is 30. The molecule has 12 bridgehead atoms. The molecule has 4 aliphatic rings. The molecule has 0 radical (unpaired) electrons. The summed E-state index contributed by atoms with van der Waals surface area (Å²) in [7, 11) is 10.0. The number of nitrogens with one attached hydrogen (secondary N) is 5. The van der Waals surface area contributed by atoms with Crippen LogP contribution in [0.1, 0.15) is 125 Å². The third kappa shape index (κ3) is 14.2. The van der Waals surface area contributed by atoms with Gasteiger partial charge in [0.2, 0.25) is 5.91 Å².